The van der Waals surface area contributed by atoms with Gasteiger partial charge in [-0.1, -0.05) is 0 Å². The molecule has 1 aromatic rings. The van der Waals surface area contributed by atoms with Gasteiger partial charge in [-0.05, 0) is 38.1 Å². The highest BCUT2D eigenvalue weighted by atomic mass is 16.5. The molecule has 0 bridgehead atoms. The van der Waals surface area contributed by atoms with Crippen LogP contribution in [0.1, 0.15) is 24.2 Å². The Labute approximate surface area is 119 Å². The number of hydrogen-bond donors (Lipinski definition) is 3. The minimum atomic E-state index is -0.171. The van der Waals surface area contributed by atoms with E-state index >= 15 is 0 Å². The van der Waals surface area contributed by atoms with Crippen molar-refractivity contribution in [3.8, 4) is 5.75 Å². The zero-order chi connectivity index (χ0) is 15.1. The molecule has 20 heavy (non-hydrogen) atoms. The lowest BCUT2D eigenvalue weighted by atomic mass is 10.1. The van der Waals surface area contributed by atoms with Crippen molar-refractivity contribution < 1.29 is 9.53 Å². The van der Waals surface area contributed by atoms with E-state index < -0.39 is 0 Å². The first kappa shape index (κ1) is 15.8. The van der Waals surface area contributed by atoms with Crippen molar-refractivity contribution in [3.63, 3.8) is 0 Å². The van der Waals surface area contributed by atoms with Crippen LogP contribution >= 0.6 is 0 Å². The van der Waals surface area contributed by atoms with Crippen molar-refractivity contribution in [2.45, 2.75) is 13.8 Å². The third kappa shape index (κ3) is 4.12. The zero-order valence-electron chi connectivity index (χ0n) is 12.3. The molecular weight excluding hydrogens is 254 g/mol. The first-order chi connectivity index (χ1) is 9.49. The Bertz CT molecular complexity index is 518. The van der Waals surface area contributed by atoms with Gasteiger partial charge in [0.2, 0.25) is 0 Å². The molecule has 1 aromatic carbocycles. The highest BCUT2D eigenvalue weighted by Crippen LogP contribution is 2.11. The van der Waals surface area contributed by atoms with Crippen LogP contribution in [0.15, 0.2) is 35.5 Å². The molecule has 1 amide bonds. The Kier molecular flexibility index (Phi) is 5.77. The van der Waals surface area contributed by atoms with Crippen LogP contribution in [0.25, 0.3) is 0 Å². The Balaban J connectivity index is 2.73. The second-order valence-corrected chi connectivity index (χ2v) is 4.39. The highest BCUT2D eigenvalue weighted by molar-refractivity contribution is 5.99. The van der Waals surface area contributed by atoms with Gasteiger partial charge < -0.3 is 20.8 Å². The average Bonchev–Trinajstić information content (AvgIpc) is 2.46. The largest absolute Gasteiger partial charge is 0.497 e. The molecule has 1 rings (SSSR count). The van der Waals surface area contributed by atoms with E-state index in [2.05, 4.69) is 10.6 Å². The fraction of sp³-hybridized carbons (Fsp3) is 0.333. The molecule has 0 unspecified atom stereocenters. The molecule has 108 valence electrons. The molecule has 0 radical (unpaired) electrons. The molecule has 0 aliphatic rings. The smallest absolute Gasteiger partial charge is 0.251 e. The Morgan fingerprint density at radius 1 is 1.25 bits per heavy atom. The summed E-state index contributed by atoms with van der Waals surface area (Å²) in [6.07, 6.45) is 0. The van der Waals surface area contributed by atoms with Crippen molar-refractivity contribution in [3.05, 3.63) is 41.1 Å². The van der Waals surface area contributed by atoms with E-state index in [0.717, 1.165) is 11.3 Å². The molecule has 0 aromatic heterocycles. The van der Waals surface area contributed by atoms with Crippen LogP contribution in [0, 0.1) is 5.41 Å². The lowest BCUT2D eigenvalue weighted by Crippen LogP contribution is -2.29. The van der Waals surface area contributed by atoms with Crippen LogP contribution < -0.4 is 15.4 Å². The summed E-state index contributed by atoms with van der Waals surface area (Å²) in [5.41, 5.74) is 2.67. The molecule has 5 heteroatoms. The first-order valence-electron chi connectivity index (χ1n) is 6.34. The fourth-order valence-electron chi connectivity index (χ4n) is 1.71. The maximum atomic E-state index is 12.0. The SMILES string of the molecule is CN/C(C)=C(/CNC(=O)c1ccc(OC)cc1)C(C)=N. The number of ether oxygens (including phenoxy) is 1. The number of nitrogens with one attached hydrogen (secondary N) is 3. The van der Waals surface area contributed by atoms with Crippen LogP contribution in [-0.4, -0.2) is 32.3 Å². The van der Waals surface area contributed by atoms with Gasteiger partial charge in [0.1, 0.15) is 5.75 Å². The molecular formula is C15H21N3O2. The number of methoxy groups -OCH3 is 1. The van der Waals surface area contributed by atoms with Gasteiger partial charge in [-0.25, -0.2) is 0 Å². The van der Waals surface area contributed by atoms with Gasteiger partial charge in [0, 0.05) is 36.1 Å². The van der Waals surface area contributed by atoms with Gasteiger partial charge in [-0.2, -0.15) is 0 Å². The van der Waals surface area contributed by atoms with Gasteiger partial charge in [0.05, 0.1) is 7.11 Å². The number of hydrogen-bond acceptors (Lipinski definition) is 4. The summed E-state index contributed by atoms with van der Waals surface area (Å²) >= 11 is 0. The average molecular weight is 275 g/mol. The Hall–Kier alpha value is -2.30. The predicted molar refractivity (Wildman–Crippen MR) is 80.5 cm³/mol. The lowest BCUT2D eigenvalue weighted by Gasteiger charge is -2.12. The van der Waals surface area contributed by atoms with Gasteiger partial charge in [-0.3, -0.25) is 4.79 Å². The van der Waals surface area contributed by atoms with Crippen molar-refractivity contribution in [1.29, 1.82) is 5.41 Å². The van der Waals surface area contributed by atoms with Gasteiger partial charge in [0.15, 0.2) is 0 Å². The van der Waals surface area contributed by atoms with Crippen LogP contribution in [0.3, 0.4) is 0 Å². The first-order valence-corrected chi connectivity index (χ1v) is 6.34. The van der Waals surface area contributed by atoms with E-state index in [4.69, 9.17) is 10.1 Å². The van der Waals surface area contributed by atoms with Crippen molar-refractivity contribution in [2.75, 3.05) is 20.7 Å². The second kappa shape index (κ2) is 7.33. The number of benzene rings is 1. The molecule has 0 aliphatic carbocycles. The van der Waals surface area contributed by atoms with E-state index in [1.807, 2.05) is 6.92 Å². The van der Waals surface area contributed by atoms with E-state index in [-0.39, 0.29) is 5.91 Å². The zero-order valence-corrected chi connectivity index (χ0v) is 12.3. The maximum Gasteiger partial charge on any atom is 0.251 e. The number of amides is 1. The normalized spacial score (nSPS) is 11.4. The second-order valence-electron chi connectivity index (χ2n) is 4.39. The Morgan fingerprint density at radius 2 is 1.85 bits per heavy atom. The molecule has 0 saturated heterocycles. The summed E-state index contributed by atoms with van der Waals surface area (Å²) in [6, 6.07) is 6.90. The fourth-order valence-corrected chi connectivity index (χ4v) is 1.71. The van der Waals surface area contributed by atoms with Crippen LogP contribution in [-0.2, 0) is 0 Å². The molecule has 3 N–H and O–H groups in total. The maximum absolute atomic E-state index is 12.0. The van der Waals surface area contributed by atoms with Crippen molar-refractivity contribution in [1.82, 2.24) is 10.6 Å². The van der Waals surface area contributed by atoms with E-state index in [0.29, 0.717) is 23.6 Å². The summed E-state index contributed by atoms with van der Waals surface area (Å²) in [5, 5.41) is 13.5. The van der Waals surface area contributed by atoms with E-state index in [1.54, 1.807) is 45.3 Å². The van der Waals surface area contributed by atoms with Crippen molar-refractivity contribution >= 4 is 11.6 Å². The molecule has 0 spiro atoms. The summed E-state index contributed by atoms with van der Waals surface area (Å²) in [6.45, 7) is 3.91. The monoisotopic (exact) mass is 275 g/mol. The number of carbonyl (C=O) groups is 1. The minimum Gasteiger partial charge on any atom is -0.497 e. The minimum absolute atomic E-state index is 0.171. The third-order valence-electron chi connectivity index (χ3n) is 3.06. The quantitative estimate of drug-likeness (QED) is 0.695. The molecule has 5 nitrogen and oxygen atoms in total. The van der Waals surface area contributed by atoms with Crippen LogP contribution in [0.4, 0.5) is 0 Å². The molecule has 0 fully saturated rings. The van der Waals surface area contributed by atoms with Gasteiger partial charge in [0.25, 0.3) is 5.91 Å². The summed E-state index contributed by atoms with van der Waals surface area (Å²) in [5.74, 6) is 0.541. The standard InChI is InChI=1S/C15H21N3O2/c1-10(16)14(11(2)17-3)9-18-15(19)12-5-7-13(20-4)8-6-12/h5-8,16-17H,9H2,1-4H3,(H,18,19)/b14-11-,16-10?. The highest BCUT2D eigenvalue weighted by Gasteiger charge is 2.09. The van der Waals surface area contributed by atoms with Gasteiger partial charge >= 0.3 is 0 Å². The van der Waals surface area contributed by atoms with Crippen LogP contribution in [0.2, 0.25) is 0 Å². The van der Waals surface area contributed by atoms with Gasteiger partial charge in [-0.15, -0.1) is 0 Å². The number of rotatable bonds is 6. The number of carbonyl (C=O) groups excluding carboxylic acids is 1. The number of allylic oxidation sites excluding steroid dienone is 1. The molecule has 0 saturated carbocycles. The molecule has 0 aliphatic heterocycles. The topological polar surface area (TPSA) is 74.2 Å². The molecule has 0 heterocycles. The summed E-state index contributed by atoms with van der Waals surface area (Å²) in [7, 11) is 3.38. The van der Waals surface area contributed by atoms with E-state index in [1.165, 1.54) is 0 Å². The molecule has 0 atom stereocenters. The van der Waals surface area contributed by atoms with Crippen LogP contribution in [0.5, 0.6) is 5.75 Å². The Morgan fingerprint density at radius 3 is 2.30 bits per heavy atom. The summed E-state index contributed by atoms with van der Waals surface area (Å²) < 4.78 is 5.05. The van der Waals surface area contributed by atoms with E-state index in [9.17, 15) is 4.79 Å². The lowest BCUT2D eigenvalue weighted by molar-refractivity contribution is 0.0957. The summed E-state index contributed by atoms with van der Waals surface area (Å²) in [4.78, 5) is 12.0. The van der Waals surface area contributed by atoms with Crippen molar-refractivity contribution in [2.24, 2.45) is 0 Å². The predicted octanol–water partition coefficient (Wildman–Crippen LogP) is 1.96. The third-order valence-corrected chi connectivity index (χ3v) is 3.06.